The van der Waals surface area contributed by atoms with E-state index in [0.29, 0.717) is 31.9 Å². The number of piperazine rings is 1. The predicted molar refractivity (Wildman–Crippen MR) is 107 cm³/mol. The van der Waals surface area contributed by atoms with Gasteiger partial charge in [-0.2, -0.15) is 0 Å². The van der Waals surface area contributed by atoms with Crippen molar-refractivity contribution in [2.75, 3.05) is 42.6 Å². The second kappa shape index (κ2) is 7.89. The van der Waals surface area contributed by atoms with Crippen LogP contribution in [0.4, 0.5) is 25.1 Å². The lowest BCUT2D eigenvalue weighted by Gasteiger charge is -2.35. The number of anilines is 2. The summed E-state index contributed by atoms with van der Waals surface area (Å²) in [6, 6.07) is 5.33. The molecule has 2 aromatic rings. The molecule has 7 nitrogen and oxygen atoms in total. The van der Waals surface area contributed by atoms with Crippen LogP contribution in [0.25, 0.3) is 0 Å². The highest BCUT2D eigenvalue weighted by Crippen LogP contribution is 2.26. The molecule has 2 aliphatic rings. The molecule has 2 amide bonds. The number of cyclic esters (lactones) is 1. The van der Waals surface area contributed by atoms with E-state index in [9.17, 15) is 18.4 Å². The molecule has 2 aliphatic heterocycles. The fourth-order valence-corrected chi connectivity index (χ4v) is 3.75. The molecule has 0 aliphatic carbocycles. The molecule has 1 unspecified atom stereocenters. The third-order valence-electron chi connectivity index (χ3n) is 5.37. The molecule has 0 radical (unpaired) electrons. The predicted octanol–water partition coefficient (Wildman–Crippen LogP) is 2.98. The van der Waals surface area contributed by atoms with Gasteiger partial charge in [0.05, 0.1) is 17.3 Å². The topological polar surface area (TPSA) is 66.0 Å². The Labute approximate surface area is 172 Å². The minimum atomic E-state index is -0.696. The number of benzene rings is 1. The summed E-state index contributed by atoms with van der Waals surface area (Å²) in [4.78, 5) is 33.5. The maximum absolute atomic E-state index is 14.7. The third-order valence-corrected chi connectivity index (χ3v) is 5.37. The molecule has 2 saturated heterocycles. The molecule has 30 heavy (non-hydrogen) atoms. The molecule has 0 bridgehead atoms. The molecule has 1 aromatic heterocycles. The fraction of sp³-hybridized carbons (Fsp3) is 0.381. The van der Waals surface area contributed by atoms with Crippen molar-refractivity contribution < 1.29 is 23.1 Å². The van der Waals surface area contributed by atoms with E-state index < -0.39 is 23.6 Å². The zero-order chi connectivity index (χ0) is 21.4. The Bertz CT molecular complexity index is 992. The highest BCUT2D eigenvalue weighted by atomic mass is 19.1. The Balaban J connectivity index is 1.45. The smallest absolute Gasteiger partial charge is 0.414 e. The molecular formula is C21H22F2N4O3. The van der Waals surface area contributed by atoms with Gasteiger partial charge in [0, 0.05) is 32.4 Å². The Morgan fingerprint density at radius 3 is 2.47 bits per heavy atom. The van der Waals surface area contributed by atoms with Crippen molar-refractivity contribution >= 4 is 23.5 Å². The molecule has 0 saturated carbocycles. The normalized spacial score (nSPS) is 19.3. The SMILES string of the molecule is Cc1cnc(N2CCN(C(=O)c3ccc(N4C(=O)OCC4C)cc3F)CC2)c(F)c1. The first-order valence-corrected chi connectivity index (χ1v) is 9.77. The van der Waals surface area contributed by atoms with Crippen LogP contribution in [0.5, 0.6) is 0 Å². The van der Waals surface area contributed by atoms with Crippen molar-refractivity contribution in [2.45, 2.75) is 19.9 Å². The number of aryl methyl sites for hydroxylation is 1. The Kier molecular flexibility index (Phi) is 5.27. The van der Waals surface area contributed by atoms with Crippen LogP contribution in [-0.2, 0) is 4.74 Å². The van der Waals surface area contributed by atoms with Crippen LogP contribution in [0, 0.1) is 18.6 Å². The van der Waals surface area contributed by atoms with Crippen LogP contribution in [0.15, 0.2) is 30.5 Å². The van der Waals surface area contributed by atoms with Gasteiger partial charge in [-0.3, -0.25) is 9.69 Å². The van der Waals surface area contributed by atoms with Crippen molar-refractivity contribution in [1.82, 2.24) is 9.88 Å². The number of ether oxygens (including phenoxy) is 1. The van der Waals surface area contributed by atoms with Gasteiger partial charge in [0.25, 0.3) is 5.91 Å². The van der Waals surface area contributed by atoms with Crippen LogP contribution in [0.2, 0.25) is 0 Å². The van der Waals surface area contributed by atoms with Gasteiger partial charge < -0.3 is 14.5 Å². The Morgan fingerprint density at radius 2 is 1.87 bits per heavy atom. The highest BCUT2D eigenvalue weighted by molar-refractivity contribution is 5.96. The zero-order valence-electron chi connectivity index (χ0n) is 16.8. The summed E-state index contributed by atoms with van der Waals surface area (Å²) in [5, 5.41) is 0. The third kappa shape index (κ3) is 3.67. The van der Waals surface area contributed by atoms with Gasteiger partial charge in [-0.1, -0.05) is 0 Å². The van der Waals surface area contributed by atoms with Crippen LogP contribution in [0.1, 0.15) is 22.8 Å². The van der Waals surface area contributed by atoms with Crippen LogP contribution in [0.3, 0.4) is 0 Å². The van der Waals surface area contributed by atoms with Gasteiger partial charge in [0.15, 0.2) is 11.6 Å². The number of carbonyl (C=O) groups excluding carboxylic acids is 2. The Hall–Kier alpha value is -3.23. The largest absolute Gasteiger partial charge is 0.447 e. The summed E-state index contributed by atoms with van der Waals surface area (Å²) >= 11 is 0. The van der Waals surface area contributed by atoms with Gasteiger partial charge in [-0.25, -0.2) is 18.6 Å². The van der Waals surface area contributed by atoms with Crippen molar-refractivity contribution in [3.05, 3.63) is 53.2 Å². The van der Waals surface area contributed by atoms with E-state index in [2.05, 4.69) is 4.98 Å². The van der Waals surface area contributed by atoms with Gasteiger partial charge in [0.2, 0.25) is 0 Å². The van der Waals surface area contributed by atoms with Crippen molar-refractivity contribution in [1.29, 1.82) is 0 Å². The molecule has 2 fully saturated rings. The molecule has 4 rings (SSSR count). The maximum Gasteiger partial charge on any atom is 0.414 e. The molecule has 1 atom stereocenters. The van der Waals surface area contributed by atoms with E-state index in [4.69, 9.17) is 4.74 Å². The van der Waals surface area contributed by atoms with Crippen LogP contribution in [-0.4, -0.2) is 60.7 Å². The summed E-state index contributed by atoms with van der Waals surface area (Å²) in [5.41, 5.74) is 1.03. The number of rotatable bonds is 3. The number of halogens is 2. The van der Waals surface area contributed by atoms with E-state index in [-0.39, 0.29) is 24.0 Å². The van der Waals surface area contributed by atoms with Crippen LogP contribution < -0.4 is 9.80 Å². The first-order valence-electron chi connectivity index (χ1n) is 9.77. The molecule has 9 heteroatoms. The average Bonchev–Trinajstić information content (AvgIpc) is 3.06. The second-order valence-electron chi connectivity index (χ2n) is 7.56. The standard InChI is InChI=1S/C21H22F2N4O3/c1-13-9-18(23)19(24-11-13)25-5-7-26(8-6-25)20(28)16-4-3-15(10-17(16)22)27-14(2)12-30-21(27)29/h3-4,9-11,14H,5-8,12H2,1-2H3. The number of hydrogen-bond acceptors (Lipinski definition) is 5. The molecule has 1 aromatic carbocycles. The zero-order valence-corrected chi connectivity index (χ0v) is 16.8. The summed E-state index contributed by atoms with van der Waals surface area (Å²) in [7, 11) is 0. The van der Waals surface area contributed by atoms with E-state index in [1.807, 2.05) is 0 Å². The number of hydrogen-bond donors (Lipinski definition) is 0. The summed E-state index contributed by atoms with van der Waals surface area (Å²) in [6.45, 7) is 5.25. The van der Waals surface area contributed by atoms with Crippen LogP contribution >= 0.6 is 0 Å². The van der Waals surface area contributed by atoms with Crippen molar-refractivity contribution in [3.63, 3.8) is 0 Å². The fourth-order valence-electron chi connectivity index (χ4n) is 3.75. The minimum Gasteiger partial charge on any atom is -0.447 e. The number of carbonyl (C=O) groups is 2. The van der Waals surface area contributed by atoms with Gasteiger partial charge in [-0.05, 0) is 43.7 Å². The maximum atomic E-state index is 14.7. The molecule has 3 heterocycles. The highest BCUT2D eigenvalue weighted by Gasteiger charge is 2.32. The number of pyridine rings is 1. The summed E-state index contributed by atoms with van der Waals surface area (Å²) < 4.78 is 33.8. The lowest BCUT2D eigenvalue weighted by molar-refractivity contribution is 0.0741. The first kappa shape index (κ1) is 20.1. The van der Waals surface area contributed by atoms with E-state index in [1.54, 1.807) is 31.0 Å². The van der Waals surface area contributed by atoms with Crippen molar-refractivity contribution in [2.24, 2.45) is 0 Å². The van der Waals surface area contributed by atoms with E-state index in [1.165, 1.54) is 28.0 Å². The molecule has 0 spiro atoms. The average molecular weight is 416 g/mol. The quantitative estimate of drug-likeness (QED) is 0.770. The van der Waals surface area contributed by atoms with Gasteiger partial charge >= 0.3 is 6.09 Å². The Morgan fingerprint density at radius 1 is 1.13 bits per heavy atom. The number of amides is 2. The number of aromatic nitrogens is 1. The van der Waals surface area contributed by atoms with Crippen molar-refractivity contribution in [3.8, 4) is 0 Å². The molecule has 0 N–H and O–H groups in total. The van der Waals surface area contributed by atoms with E-state index in [0.717, 1.165) is 5.56 Å². The summed E-state index contributed by atoms with van der Waals surface area (Å²) in [6.07, 6.45) is 1.07. The molecule has 158 valence electrons. The monoisotopic (exact) mass is 416 g/mol. The first-order chi connectivity index (χ1) is 14.3. The van der Waals surface area contributed by atoms with Gasteiger partial charge in [0.1, 0.15) is 12.4 Å². The van der Waals surface area contributed by atoms with Gasteiger partial charge in [-0.15, -0.1) is 0 Å². The molecular weight excluding hydrogens is 394 g/mol. The lowest BCUT2D eigenvalue weighted by atomic mass is 10.1. The second-order valence-corrected chi connectivity index (χ2v) is 7.56. The number of nitrogens with zero attached hydrogens (tertiary/aromatic N) is 4. The minimum absolute atomic E-state index is 0.0629. The summed E-state index contributed by atoms with van der Waals surface area (Å²) in [5.74, 6) is -1.27. The lowest BCUT2D eigenvalue weighted by Crippen LogP contribution is -2.49. The van der Waals surface area contributed by atoms with E-state index >= 15 is 0 Å².